The summed E-state index contributed by atoms with van der Waals surface area (Å²) in [6.07, 6.45) is 2.25. The molecule has 8 nitrogen and oxygen atoms in total. The number of hydrogen-bond acceptors (Lipinski definition) is 7. The van der Waals surface area contributed by atoms with Crippen LogP contribution in [0.5, 0.6) is 5.75 Å². The molecule has 3 rings (SSSR count). The van der Waals surface area contributed by atoms with Gasteiger partial charge in [-0.05, 0) is 32.4 Å². The number of fused-ring (bicyclic) bond motifs is 1. The molecule has 0 fully saturated rings. The molecule has 2 heterocycles. The first-order chi connectivity index (χ1) is 13.2. The lowest BCUT2D eigenvalue weighted by Gasteiger charge is -2.15. The SMILES string of the molecule is CCOC(=O)CCc1c(C)nc2ncnn2c1NCCOc1ccccc1. The van der Waals surface area contributed by atoms with Gasteiger partial charge in [-0.15, -0.1) is 0 Å². The summed E-state index contributed by atoms with van der Waals surface area (Å²) in [5, 5.41) is 7.60. The molecule has 0 aliphatic heterocycles. The van der Waals surface area contributed by atoms with E-state index in [4.69, 9.17) is 9.47 Å². The van der Waals surface area contributed by atoms with Gasteiger partial charge in [0.1, 0.15) is 24.5 Å². The predicted molar refractivity (Wildman–Crippen MR) is 101 cm³/mol. The fraction of sp³-hybridized carbons (Fsp3) is 0.368. The van der Waals surface area contributed by atoms with Gasteiger partial charge in [-0.2, -0.15) is 14.6 Å². The van der Waals surface area contributed by atoms with Crippen LogP contribution >= 0.6 is 0 Å². The summed E-state index contributed by atoms with van der Waals surface area (Å²) in [4.78, 5) is 20.4. The van der Waals surface area contributed by atoms with Crippen molar-refractivity contribution in [3.63, 3.8) is 0 Å². The third kappa shape index (κ3) is 4.72. The molecule has 27 heavy (non-hydrogen) atoms. The Kier molecular flexibility index (Phi) is 6.19. The molecule has 1 N–H and O–H groups in total. The number of carbonyl (C=O) groups excluding carboxylic acids is 1. The standard InChI is InChI=1S/C19H23N5O3/c1-3-26-17(25)10-9-16-14(2)23-19-21-13-22-24(19)18(16)20-11-12-27-15-7-5-4-6-8-15/h4-8,13,20H,3,9-12H2,1-2H3. The summed E-state index contributed by atoms with van der Waals surface area (Å²) in [7, 11) is 0. The number of carbonyl (C=O) groups is 1. The summed E-state index contributed by atoms with van der Waals surface area (Å²) in [6, 6.07) is 9.64. The van der Waals surface area contributed by atoms with E-state index in [0.717, 1.165) is 22.8 Å². The Labute approximate surface area is 157 Å². The van der Waals surface area contributed by atoms with Gasteiger partial charge < -0.3 is 14.8 Å². The Balaban J connectivity index is 1.72. The van der Waals surface area contributed by atoms with Crippen molar-refractivity contribution >= 4 is 17.6 Å². The first-order valence-electron chi connectivity index (χ1n) is 8.95. The van der Waals surface area contributed by atoms with Crippen molar-refractivity contribution in [2.75, 3.05) is 25.1 Å². The van der Waals surface area contributed by atoms with Gasteiger partial charge >= 0.3 is 5.97 Å². The molecule has 142 valence electrons. The average Bonchev–Trinajstić information content (AvgIpc) is 3.13. The van der Waals surface area contributed by atoms with Crippen molar-refractivity contribution in [1.29, 1.82) is 0 Å². The number of esters is 1. The van der Waals surface area contributed by atoms with Gasteiger partial charge in [-0.3, -0.25) is 4.79 Å². The number of aromatic nitrogens is 4. The Morgan fingerprint density at radius 1 is 1.26 bits per heavy atom. The molecular weight excluding hydrogens is 346 g/mol. The molecule has 8 heteroatoms. The molecular formula is C19H23N5O3. The van der Waals surface area contributed by atoms with E-state index < -0.39 is 0 Å². The zero-order valence-corrected chi connectivity index (χ0v) is 15.5. The number of hydrogen-bond donors (Lipinski definition) is 1. The summed E-state index contributed by atoms with van der Waals surface area (Å²) in [5.41, 5.74) is 1.73. The Morgan fingerprint density at radius 3 is 2.85 bits per heavy atom. The van der Waals surface area contributed by atoms with Gasteiger partial charge in [0.25, 0.3) is 5.78 Å². The molecule has 2 aromatic heterocycles. The van der Waals surface area contributed by atoms with E-state index in [1.54, 1.807) is 11.4 Å². The fourth-order valence-corrected chi connectivity index (χ4v) is 2.78. The van der Waals surface area contributed by atoms with Crippen LogP contribution in [0.15, 0.2) is 36.7 Å². The second-order valence-electron chi connectivity index (χ2n) is 5.89. The lowest BCUT2D eigenvalue weighted by molar-refractivity contribution is -0.143. The average molecular weight is 369 g/mol. The number of nitrogens with zero attached hydrogens (tertiary/aromatic N) is 4. The van der Waals surface area contributed by atoms with Crippen molar-refractivity contribution in [2.45, 2.75) is 26.7 Å². The van der Waals surface area contributed by atoms with Crippen LogP contribution in [0.3, 0.4) is 0 Å². The van der Waals surface area contributed by atoms with Gasteiger partial charge in [-0.1, -0.05) is 18.2 Å². The molecule has 0 unspecified atom stereocenters. The highest BCUT2D eigenvalue weighted by atomic mass is 16.5. The molecule has 0 aliphatic carbocycles. The zero-order chi connectivity index (χ0) is 19.1. The van der Waals surface area contributed by atoms with Crippen molar-refractivity contribution in [3.8, 4) is 5.75 Å². The molecule has 0 bridgehead atoms. The fourth-order valence-electron chi connectivity index (χ4n) is 2.78. The number of rotatable bonds is 9. The molecule has 3 aromatic rings. The quantitative estimate of drug-likeness (QED) is 0.457. The number of benzene rings is 1. The number of ether oxygens (including phenoxy) is 2. The van der Waals surface area contributed by atoms with Gasteiger partial charge in [0.2, 0.25) is 0 Å². The molecule has 1 aromatic carbocycles. The number of nitrogens with one attached hydrogen (secondary N) is 1. The molecule has 0 aliphatic rings. The molecule has 0 radical (unpaired) electrons. The summed E-state index contributed by atoms with van der Waals surface area (Å²) in [5.74, 6) is 1.88. The predicted octanol–water partition coefficient (Wildman–Crippen LogP) is 2.42. The summed E-state index contributed by atoms with van der Waals surface area (Å²) < 4.78 is 12.4. The molecule has 0 spiro atoms. The topological polar surface area (TPSA) is 90.6 Å². The normalized spacial score (nSPS) is 10.7. The monoisotopic (exact) mass is 369 g/mol. The Bertz CT molecular complexity index is 895. The highest BCUT2D eigenvalue weighted by Gasteiger charge is 2.16. The Hall–Kier alpha value is -3.16. The van der Waals surface area contributed by atoms with E-state index in [-0.39, 0.29) is 12.4 Å². The van der Waals surface area contributed by atoms with Crippen LogP contribution in [0, 0.1) is 6.92 Å². The van der Waals surface area contributed by atoms with E-state index >= 15 is 0 Å². The Morgan fingerprint density at radius 2 is 2.07 bits per heavy atom. The third-order valence-corrected chi connectivity index (χ3v) is 4.02. The van der Waals surface area contributed by atoms with E-state index in [1.165, 1.54) is 6.33 Å². The summed E-state index contributed by atoms with van der Waals surface area (Å²) >= 11 is 0. The second-order valence-corrected chi connectivity index (χ2v) is 5.89. The van der Waals surface area contributed by atoms with Crippen molar-refractivity contribution in [1.82, 2.24) is 19.6 Å². The van der Waals surface area contributed by atoms with E-state index in [9.17, 15) is 4.79 Å². The van der Waals surface area contributed by atoms with E-state index in [1.807, 2.05) is 37.3 Å². The van der Waals surface area contributed by atoms with Crippen LogP contribution in [0.2, 0.25) is 0 Å². The first-order valence-corrected chi connectivity index (χ1v) is 8.95. The minimum atomic E-state index is -0.228. The molecule has 0 amide bonds. The number of para-hydroxylation sites is 1. The summed E-state index contributed by atoms with van der Waals surface area (Å²) in [6.45, 7) is 5.13. The molecule has 0 saturated heterocycles. The van der Waals surface area contributed by atoms with Gasteiger partial charge in [-0.25, -0.2) is 4.98 Å². The van der Waals surface area contributed by atoms with Gasteiger partial charge in [0.15, 0.2) is 0 Å². The van der Waals surface area contributed by atoms with Gasteiger partial charge in [0.05, 0.1) is 13.2 Å². The van der Waals surface area contributed by atoms with E-state index in [2.05, 4.69) is 20.4 Å². The maximum atomic E-state index is 11.8. The number of aryl methyl sites for hydroxylation is 1. The van der Waals surface area contributed by atoms with Crippen LogP contribution in [0.1, 0.15) is 24.6 Å². The molecule has 0 saturated carbocycles. The van der Waals surface area contributed by atoms with Crippen LogP contribution in [-0.4, -0.2) is 45.3 Å². The smallest absolute Gasteiger partial charge is 0.306 e. The third-order valence-electron chi connectivity index (χ3n) is 4.02. The van der Waals surface area contributed by atoms with Crippen LogP contribution in [0.4, 0.5) is 5.82 Å². The lowest BCUT2D eigenvalue weighted by Crippen LogP contribution is -2.17. The highest BCUT2D eigenvalue weighted by molar-refractivity contribution is 5.70. The second kappa shape index (κ2) is 8.98. The van der Waals surface area contributed by atoms with Crippen LogP contribution in [-0.2, 0) is 16.0 Å². The minimum absolute atomic E-state index is 0.228. The van der Waals surface area contributed by atoms with Crippen molar-refractivity contribution < 1.29 is 14.3 Å². The van der Waals surface area contributed by atoms with Gasteiger partial charge in [0, 0.05) is 17.7 Å². The maximum Gasteiger partial charge on any atom is 0.306 e. The minimum Gasteiger partial charge on any atom is -0.492 e. The van der Waals surface area contributed by atoms with E-state index in [0.29, 0.717) is 32.0 Å². The highest BCUT2D eigenvalue weighted by Crippen LogP contribution is 2.21. The maximum absolute atomic E-state index is 11.8. The zero-order valence-electron chi connectivity index (χ0n) is 15.5. The van der Waals surface area contributed by atoms with Crippen LogP contribution < -0.4 is 10.1 Å². The first kappa shape index (κ1) is 18.6. The lowest BCUT2D eigenvalue weighted by atomic mass is 10.1. The van der Waals surface area contributed by atoms with Crippen molar-refractivity contribution in [2.24, 2.45) is 0 Å². The molecule has 0 atom stereocenters. The van der Waals surface area contributed by atoms with Crippen molar-refractivity contribution in [3.05, 3.63) is 47.9 Å². The largest absolute Gasteiger partial charge is 0.492 e. The van der Waals surface area contributed by atoms with Crippen LogP contribution in [0.25, 0.3) is 5.78 Å². The number of anilines is 1.